The third kappa shape index (κ3) is 2.44. The van der Waals surface area contributed by atoms with E-state index in [2.05, 4.69) is 26.5 Å². The van der Waals surface area contributed by atoms with Gasteiger partial charge in [-0.2, -0.15) is 5.10 Å². The molecule has 5 nitrogen and oxygen atoms in total. The van der Waals surface area contributed by atoms with E-state index in [9.17, 15) is 0 Å². The summed E-state index contributed by atoms with van der Waals surface area (Å²) >= 11 is 5.09. The van der Waals surface area contributed by atoms with Crippen molar-refractivity contribution in [2.24, 2.45) is 5.84 Å². The monoisotopic (exact) mass is 330 g/mol. The van der Waals surface area contributed by atoms with Gasteiger partial charge in [0.05, 0.1) is 13.3 Å². The van der Waals surface area contributed by atoms with Crippen LogP contribution in [0.15, 0.2) is 22.1 Å². The zero-order valence-electron chi connectivity index (χ0n) is 10.2. The van der Waals surface area contributed by atoms with E-state index in [-0.39, 0.29) is 6.04 Å². The number of aromatic nitrogens is 2. The fourth-order valence-corrected chi connectivity index (χ4v) is 3.36. The molecule has 0 fully saturated rings. The molecule has 0 amide bonds. The molecule has 7 heteroatoms. The molecule has 1 unspecified atom stereocenters. The summed E-state index contributed by atoms with van der Waals surface area (Å²) in [6, 6.07) is 1.92. The maximum atomic E-state index is 5.70. The van der Waals surface area contributed by atoms with E-state index < -0.39 is 0 Å². The fourth-order valence-electron chi connectivity index (χ4n) is 1.85. The van der Waals surface area contributed by atoms with Crippen LogP contribution in [-0.4, -0.2) is 16.9 Å². The highest BCUT2D eigenvalue weighted by Crippen LogP contribution is 2.34. The van der Waals surface area contributed by atoms with Gasteiger partial charge in [0, 0.05) is 21.3 Å². The lowest BCUT2D eigenvalue weighted by molar-refractivity contribution is 0.400. The number of aryl methyl sites for hydroxylation is 1. The van der Waals surface area contributed by atoms with E-state index in [1.54, 1.807) is 24.6 Å². The molecule has 0 aliphatic rings. The number of nitrogens with two attached hydrogens (primary N) is 1. The number of hydrazine groups is 1. The molecule has 0 bridgehead atoms. The van der Waals surface area contributed by atoms with Crippen molar-refractivity contribution >= 4 is 27.3 Å². The normalized spacial score (nSPS) is 12.7. The number of ether oxygens (including phenoxy) is 1. The Morgan fingerprint density at radius 3 is 2.94 bits per heavy atom. The van der Waals surface area contributed by atoms with E-state index in [4.69, 9.17) is 10.6 Å². The van der Waals surface area contributed by atoms with Gasteiger partial charge in [0.25, 0.3) is 0 Å². The van der Waals surface area contributed by atoms with Crippen LogP contribution in [0.2, 0.25) is 0 Å². The molecular weight excluding hydrogens is 316 g/mol. The van der Waals surface area contributed by atoms with Crippen LogP contribution in [-0.2, 0) is 6.54 Å². The number of methoxy groups -OCH3 is 1. The lowest BCUT2D eigenvalue weighted by Crippen LogP contribution is -2.30. The standard InChI is InChI=1S/C11H15BrN4OS/c1-3-16-11(8(17-2)5-14-16)10(15-13)9-4-7(12)6-18-9/h4-6,10,15H,3,13H2,1-2H3. The molecule has 0 aromatic carbocycles. The van der Waals surface area contributed by atoms with Crippen LogP contribution in [0.5, 0.6) is 5.75 Å². The summed E-state index contributed by atoms with van der Waals surface area (Å²) in [5, 5.41) is 6.32. The van der Waals surface area contributed by atoms with E-state index in [1.165, 1.54) is 0 Å². The Kier molecular flexibility index (Phi) is 4.39. The van der Waals surface area contributed by atoms with Crippen molar-refractivity contribution in [1.29, 1.82) is 0 Å². The largest absolute Gasteiger partial charge is 0.493 e. The Bertz CT molecular complexity index is 503. The van der Waals surface area contributed by atoms with E-state index in [1.807, 2.05) is 23.1 Å². The van der Waals surface area contributed by atoms with E-state index in [0.717, 1.165) is 27.3 Å². The lowest BCUT2D eigenvalue weighted by Gasteiger charge is -2.17. The first-order valence-electron chi connectivity index (χ1n) is 5.51. The molecule has 2 aromatic rings. The predicted octanol–water partition coefficient (Wildman–Crippen LogP) is 2.29. The first-order chi connectivity index (χ1) is 8.71. The maximum Gasteiger partial charge on any atom is 0.162 e. The van der Waals surface area contributed by atoms with Crippen molar-refractivity contribution in [3.63, 3.8) is 0 Å². The van der Waals surface area contributed by atoms with E-state index >= 15 is 0 Å². The smallest absolute Gasteiger partial charge is 0.162 e. The number of nitrogens with zero attached hydrogens (tertiary/aromatic N) is 2. The Morgan fingerprint density at radius 1 is 1.67 bits per heavy atom. The van der Waals surface area contributed by atoms with Gasteiger partial charge < -0.3 is 4.74 Å². The third-order valence-corrected chi connectivity index (χ3v) is 4.44. The minimum atomic E-state index is -0.126. The summed E-state index contributed by atoms with van der Waals surface area (Å²) < 4.78 is 8.28. The van der Waals surface area contributed by atoms with E-state index in [0.29, 0.717) is 0 Å². The van der Waals surface area contributed by atoms with Gasteiger partial charge in [-0.1, -0.05) is 0 Å². The Labute approximate surface area is 118 Å². The highest BCUT2D eigenvalue weighted by Gasteiger charge is 2.23. The van der Waals surface area contributed by atoms with Crippen LogP contribution in [0.4, 0.5) is 0 Å². The first kappa shape index (κ1) is 13.5. The molecule has 18 heavy (non-hydrogen) atoms. The summed E-state index contributed by atoms with van der Waals surface area (Å²) in [5.41, 5.74) is 3.77. The first-order valence-corrected chi connectivity index (χ1v) is 7.18. The quantitative estimate of drug-likeness (QED) is 0.652. The zero-order valence-corrected chi connectivity index (χ0v) is 12.6. The van der Waals surface area contributed by atoms with Gasteiger partial charge in [0.1, 0.15) is 11.7 Å². The van der Waals surface area contributed by atoms with Crippen LogP contribution < -0.4 is 16.0 Å². The van der Waals surface area contributed by atoms with Crippen molar-refractivity contribution in [2.75, 3.05) is 7.11 Å². The summed E-state index contributed by atoms with van der Waals surface area (Å²) in [7, 11) is 1.64. The Hall–Kier alpha value is -0.890. The van der Waals surface area contributed by atoms with Crippen LogP contribution in [0.25, 0.3) is 0 Å². The van der Waals surface area contributed by atoms with Crippen molar-refractivity contribution < 1.29 is 4.74 Å². The minimum Gasteiger partial charge on any atom is -0.493 e. The molecule has 0 saturated carbocycles. The molecule has 0 saturated heterocycles. The Morgan fingerprint density at radius 2 is 2.44 bits per heavy atom. The molecule has 0 aliphatic carbocycles. The van der Waals surface area contributed by atoms with Crippen molar-refractivity contribution in [2.45, 2.75) is 19.5 Å². The molecule has 0 radical (unpaired) electrons. The fraction of sp³-hybridized carbons (Fsp3) is 0.364. The highest BCUT2D eigenvalue weighted by atomic mass is 79.9. The average Bonchev–Trinajstić information content (AvgIpc) is 2.97. The molecule has 0 aliphatic heterocycles. The highest BCUT2D eigenvalue weighted by molar-refractivity contribution is 9.10. The predicted molar refractivity (Wildman–Crippen MR) is 75.6 cm³/mol. The second-order valence-electron chi connectivity index (χ2n) is 3.68. The topological polar surface area (TPSA) is 65.1 Å². The molecule has 98 valence electrons. The molecule has 3 N–H and O–H groups in total. The number of hydrogen-bond acceptors (Lipinski definition) is 5. The number of halogens is 1. The van der Waals surface area contributed by atoms with Gasteiger partial charge in [-0.3, -0.25) is 10.5 Å². The lowest BCUT2D eigenvalue weighted by atomic mass is 10.1. The molecule has 2 aromatic heterocycles. The van der Waals surface area contributed by atoms with Gasteiger partial charge in [0.15, 0.2) is 5.75 Å². The number of thiophene rings is 1. The molecule has 2 rings (SSSR count). The van der Waals surface area contributed by atoms with Gasteiger partial charge in [-0.05, 0) is 28.9 Å². The SMILES string of the molecule is CCn1ncc(OC)c1C(NN)c1cc(Br)cs1. The van der Waals surface area contributed by atoms with Crippen LogP contribution in [0.1, 0.15) is 23.5 Å². The summed E-state index contributed by atoms with van der Waals surface area (Å²) in [6.45, 7) is 2.80. The van der Waals surface area contributed by atoms with Gasteiger partial charge in [-0.15, -0.1) is 11.3 Å². The average molecular weight is 331 g/mol. The second kappa shape index (κ2) is 5.83. The minimum absolute atomic E-state index is 0.126. The second-order valence-corrected chi connectivity index (χ2v) is 5.54. The van der Waals surface area contributed by atoms with Crippen molar-refractivity contribution in [3.8, 4) is 5.75 Å². The number of hydrogen-bond donors (Lipinski definition) is 2. The van der Waals surface area contributed by atoms with Crippen LogP contribution >= 0.6 is 27.3 Å². The number of nitrogens with one attached hydrogen (secondary N) is 1. The summed E-state index contributed by atoms with van der Waals surface area (Å²) in [5.74, 6) is 6.44. The zero-order chi connectivity index (χ0) is 13.1. The Balaban J connectivity index is 2.46. The molecule has 0 spiro atoms. The molecule has 2 heterocycles. The van der Waals surface area contributed by atoms with Crippen molar-refractivity contribution in [1.82, 2.24) is 15.2 Å². The number of rotatable bonds is 5. The summed E-state index contributed by atoms with van der Waals surface area (Å²) in [6.07, 6.45) is 1.71. The van der Waals surface area contributed by atoms with Crippen molar-refractivity contribution in [3.05, 3.63) is 32.7 Å². The summed E-state index contributed by atoms with van der Waals surface area (Å²) in [4.78, 5) is 1.11. The van der Waals surface area contributed by atoms with Crippen LogP contribution in [0.3, 0.4) is 0 Å². The van der Waals surface area contributed by atoms with Gasteiger partial charge in [-0.25, -0.2) is 5.43 Å². The van der Waals surface area contributed by atoms with Gasteiger partial charge >= 0.3 is 0 Å². The van der Waals surface area contributed by atoms with Gasteiger partial charge in [0.2, 0.25) is 0 Å². The molecular formula is C11H15BrN4OS. The molecule has 1 atom stereocenters. The third-order valence-electron chi connectivity index (χ3n) is 2.68. The van der Waals surface area contributed by atoms with Crippen LogP contribution in [0, 0.1) is 0 Å². The maximum absolute atomic E-state index is 5.70.